The van der Waals surface area contributed by atoms with Crippen LogP contribution in [0.5, 0.6) is 0 Å². The molecule has 25 nitrogen and oxygen atoms in total. The van der Waals surface area contributed by atoms with Crippen LogP contribution in [0.2, 0.25) is 0 Å². The number of phosphoric acid groups is 3. The Hall–Kier alpha value is -3.26. The number of nitrogens with one attached hydrogen (secondary N) is 2. The van der Waals surface area contributed by atoms with Crippen molar-refractivity contribution in [2.45, 2.75) is 63.4 Å². The van der Waals surface area contributed by atoms with Crippen molar-refractivity contribution in [3.8, 4) is 0 Å². The Labute approximate surface area is 339 Å². The van der Waals surface area contributed by atoms with Crippen LogP contribution in [0.4, 0.5) is 5.82 Å². The van der Waals surface area contributed by atoms with Gasteiger partial charge in [-0.1, -0.05) is 55.9 Å². The molecule has 59 heavy (non-hydrogen) atoms. The number of anilines is 1. The maximum atomic E-state index is 12.7. The molecule has 0 radical (unpaired) electrons. The van der Waals surface area contributed by atoms with Crippen LogP contribution in [-0.4, -0.2) is 134 Å². The van der Waals surface area contributed by atoms with Crippen LogP contribution in [0, 0.1) is 5.41 Å². The first kappa shape index (κ1) is 48.4. The molecule has 8 atom stereocenters. The third kappa shape index (κ3) is 14.4. The normalized spacial score (nSPS) is 21.6. The van der Waals surface area contributed by atoms with E-state index >= 15 is 0 Å². The van der Waals surface area contributed by atoms with E-state index in [9.17, 15) is 63.0 Å². The van der Waals surface area contributed by atoms with E-state index in [1.54, 1.807) is 24.3 Å². The number of phosphoric ester groups is 3. The van der Waals surface area contributed by atoms with Crippen LogP contribution in [0.25, 0.3) is 11.2 Å². The summed E-state index contributed by atoms with van der Waals surface area (Å²) in [6, 6.07) is 8.94. The molecule has 0 aliphatic carbocycles. The number of imidazole rings is 1. The van der Waals surface area contributed by atoms with Crippen molar-refractivity contribution in [1.29, 1.82) is 0 Å². The molecule has 0 spiro atoms. The Bertz CT molecular complexity index is 2080. The van der Waals surface area contributed by atoms with Gasteiger partial charge in [-0.05, 0) is 5.56 Å². The van der Waals surface area contributed by atoms with Crippen molar-refractivity contribution in [2.24, 2.45) is 5.41 Å². The van der Waals surface area contributed by atoms with E-state index in [-0.39, 0.29) is 48.7 Å². The van der Waals surface area contributed by atoms with Gasteiger partial charge < -0.3 is 56.0 Å². The first-order valence-electron chi connectivity index (χ1n) is 17.3. The van der Waals surface area contributed by atoms with Gasteiger partial charge in [0.05, 0.1) is 19.5 Å². The van der Waals surface area contributed by atoms with Gasteiger partial charge in [-0.15, -0.1) is 0 Å². The predicted molar refractivity (Wildman–Crippen MR) is 203 cm³/mol. The number of carbonyl (C=O) groups excluding carboxylic acids is 3. The highest BCUT2D eigenvalue weighted by atomic mass is 32.2. The third-order valence-corrected chi connectivity index (χ3v) is 12.4. The zero-order chi connectivity index (χ0) is 43.8. The number of ether oxygens (including phenoxy) is 1. The molecule has 0 bridgehead atoms. The standard InChI is InChI=1S/C30H44N7O18P3S/c1-30(2,24(41)27(42)33-9-8-20(39)32-10-11-59-29(43)18(38)12-17-6-4-3-5-7-17)14-52-58(49,50)55-57(47,48)51-13-19-23(54-56(44,45)46)22(40)28(53-19)37-16-36-21-25(31)34-15-35-26(21)37/h3-7,15-16,18-19,22-24,28,38,40-41H,8-14H2,1-2H3,(H,32,39)(H,33,42)(H,47,48)(H,49,50)(H2,31,34,35)(H2,44,45,46)/t18-,19-,22-,23-,24+,28-/m1/s1/i12+1,29+1. The third-order valence-electron chi connectivity index (χ3n) is 8.29. The number of fused-ring (bicyclic) bond motifs is 1. The summed E-state index contributed by atoms with van der Waals surface area (Å²) in [5.74, 6) is -1.37. The summed E-state index contributed by atoms with van der Waals surface area (Å²) in [6.45, 7) is 0.270. The number of rotatable bonds is 22. The number of nitrogen functional groups attached to an aromatic ring is 1. The number of hydrogen-bond donors (Lipinski definition) is 10. The fourth-order valence-electron chi connectivity index (χ4n) is 5.30. The second-order valence-electron chi connectivity index (χ2n) is 13.4. The van der Waals surface area contributed by atoms with Crippen LogP contribution in [0.1, 0.15) is 32.1 Å². The lowest BCUT2D eigenvalue weighted by molar-refractivity contribution is -0.137. The van der Waals surface area contributed by atoms with Crippen molar-refractivity contribution >= 4 is 69.1 Å². The summed E-state index contributed by atoms with van der Waals surface area (Å²) < 4.78 is 62.1. The van der Waals surface area contributed by atoms with Crippen molar-refractivity contribution in [3.63, 3.8) is 0 Å². The van der Waals surface area contributed by atoms with Crippen LogP contribution in [0.15, 0.2) is 43.0 Å². The highest BCUT2D eigenvalue weighted by Crippen LogP contribution is 2.61. The number of aliphatic hydroxyl groups is 3. The van der Waals surface area contributed by atoms with Gasteiger partial charge in [0, 0.05) is 37.1 Å². The van der Waals surface area contributed by atoms with Crippen molar-refractivity contribution in [3.05, 3.63) is 48.5 Å². The molecule has 1 fully saturated rings. The maximum absolute atomic E-state index is 12.7. The summed E-state index contributed by atoms with van der Waals surface area (Å²) >= 11 is 0.848. The minimum Gasteiger partial charge on any atom is -0.386 e. The molecule has 11 N–H and O–H groups in total. The van der Waals surface area contributed by atoms with Crippen LogP contribution < -0.4 is 16.4 Å². The summed E-state index contributed by atoms with van der Waals surface area (Å²) in [6.07, 6.45) is -8.11. The average Bonchev–Trinajstić information content (AvgIpc) is 3.71. The Morgan fingerprint density at radius 3 is 2.36 bits per heavy atom. The van der Waals surface area contributed by atoms with E-state index in [1.165, 1.54) is 13.8 Å². The number of amides is 2. The van der Waals surface area contributed by atoms with Crippen molar-refractivity contribution < 1.29 is 85.6 Å². The van der Waals surface area contributed by atoms with E-state index in [2.05, 4.69) is 34.4 Å². The second kappa shape index (κ2) is 20.5. The summed E-state index contributed by atoms with van der Waals surface area (Å²) in [7, 11) is -16.4. The lowest BCUT2D eigenvalue weighted by atomic mass is 9.87. The Kier molecular flexibility index (Phi) is 16.8. The highest BCUT2D eigenvalue weighted by molar-refractivity contribution is 8.13. The molecule has 1 aliphatic rings. The van der Waals surface area contributed by atoms with E-state index < -0.39 is 95.8 Å². The number of aliphatic hydroxyl groups excluding tert-OH is 3. The van der Waals surface area contributed by atoms with Gasteiger partial charge in [0.2, 0.25) is 16.9 Å². The molecular weight excluding hydrogens is 873 g/mol. The van der Waals surface area contributed by atoms with Gasteiger partial charge in [-0.3, -0.25) is 32.5 Å². The molecule has 2 unspecified atom stereocenters. The van der Waals surface area contributed by atoms with Gasteiger partial charge in [0.1, 0.15) is 42.4 Å². The molecule has 1 aliphatic heterocycles. The largest absolute Gasteiger partial charge is 0.481 e. The minimum absolute atomic E-state index is 0.0239. The van der Waals surface area contributed by atoms with E-state index in [0.717, 1.165) is 34.5 Å². The zero-order valence-corrected chi connectivity index (χ0v) is 34.7. The van der Waals surface area contributed by atoms with E-state index in [0.29, 0.717) is 0 Å². The number of aromatic nitrogens is 4. The first-order valence-corrected chi connectivity index (χ1v) is 22.8. The molecule has 3 heterocycles. The number of nitrogens with two attached hydrogens (primary N) is 1. The molecule has 1 saturated heterocycles. The average molecular weight is 918 g/mol. The molecule has 3 aromatic rings. The fourth-order valence-corrected chi connectivity index (χ4v) is 8.81. The van der Waals surface area contributed by atoms with Gasteiger partial charge in [0.15, 0.2) is 17.7 Å². The van der Waals surface area contributed by atoms with Gasteiger partial charge in [-0.25, -0.2) is 28.6 Å². The Balaban J connectivity index is 1.20. The molecule has 4 rings (SSSR count). The van der Waals surface area contributed by atoms with Gasteiger partial charge in [0.25, 0.3) is 0 Å². The Morgan fingerprint density at radius 2 is 1.68 bits per heavy atom. The van der Waals surface area contributed by atoms with Crippen molar-refractivity contribution in [1.82, 2.24) is 30.2 Å². The van der Waals surface area contributed by atoms with Gasteiger partial charge >= 0.3 is 23.5 Å². The molecule has 328 valence electrons. The lowest BCUT2D eigenvalue weighted by Crippen LogP contribution is -2.46. The summed E-state index contributed by atoms with van der Waals surface area (Å²) in [4.78, 5) is 87.9. The molecular formula is C30H44N7O18P3S. The number of hydrogen-bond acceptors (Lipinski definition) is 19. The second-order valence-corrected chi connectivity index (χ2v) is 18.8. The zero-order valence-electron chi connectivity index (χ0n) is 31.2. The fraction of sp³-hybridized carbons (Fsp3) is 0.533. The monoisotopic (exact) mass is 917 g/mol. The molecule has 2 aromatic heterocycles. The van der Waals surface area contributed by atoms with Gasteiger partial charge in [-0.2, -0.15) is 4.31 Å². The van der Waals surface area contributed by atoms with E-state index in [1.807, 2.05) is 6.07 Å². The van der Waals surface area contributed by atoms with Crippen molar-refractivity contribution in [2.75, 3.05) is 37.8 Å². The Morgan fingerprint density at radius 1 is 1.00 bits per heavy atom. The van der Waals surface area contributed by atoms with Crippen LogP contribution >= 0.6 is 35.2 Å². The first-order chi connectivity index (χ1) is 27.5. The summed E-state index contributed by atoms with van der Waals surface area (Å²) in [5, 5.41) is 36.0. The van der Waals surface area contributed by atoms with Crippen LogP contribution in [0.3, 0.4) is 0 Å². The molecule has 0 saturated carbocycles. The topological polar surface area (TPSA) is 384 Å². The smallest absolute Gasteiger partial charge is 0.386 e. The molecule has 29 heteroatoms. The minimum atomic E-state index is -5.59. The SMILES string of the molecule is CC(C)(COP(=O)(O)OP(=O)(O)OC[C@H]1O[C@@H](n2cnc3c(N)ncnc32)[C@H](O)[C@@H]1OP(=O)(O)O)[C@@H](O)C(=O)NCCC(=O)NCCS[13C](=O)[C@H](O)[13CH2]c1ccccc1. The van der Waals surface area contributed by atoms with E-state index in [4.69, 9.17) is 19.5 Å². The number of thioether (sulfide) groups is 1. The number of nitrogens with zero attached hydrogens (tertiary/aromatic N) is 4. The predicted octanol–water partition coefficient (Wildman–Crippen LogP) is -0.732. The van der Waals surface area contributed by atoms with Crippen LogP contribution in [-0.2, 0) is 57.1 Å². The lowest BCUT2D eigenvalue weighted by Gasteiger charge is -2.30. The quantitative estimate of drug-likeness (QED) is 0.0337. The number of carbonyl (C=O) groups is 3. The maximum Gasteiger partial charge on any atom is 0.481 e. The highest BCUT2D eigenvalue weighted by Gasteiger charge is 2.50. The number of benzene rings is 1. The molecule has 2 amide bonds. The summed E-state index contributed by atoms with van der Waals surface area (Å²) in [5.41, 5.74) is 5.01. The molecule has 1 aromatic carbocycles.